The van der Waals surface area contributed by atoms with E-state index in [0.29, 0.717) is 100 Å². The van der Waals surface area contributed by atoms with Crippen molar-refractivity contribution in [3.8, 4) is 40.4 Å². The fourth-order valence-electron chi connectivity index (χ4n) is 9.97. The van der Waals surface area contributed by atoms with Crippen LogP contribution in [0.4, 0.5) is 17.6 Å². The second-order valence-electron chi connectivity index (χ2n) is 21.6. The van der Waals surface area contributed by atoms with Gasteiger partial charge in [0.1, 0.15) is 42.7 Å². The van der Waals surface area contributed by atoms with E-state index in [4.69, 9.17) is 45.3 Å². The Kier molecular flexibility index (Phi) is 28.1. The molecule has 17 nitrogen and oxygen atoms in total. The van der Waals surface area contributed by atoms with E-state index in [0.717, 1.165) is 28.1 Å². The number of methoxy groups -OCH3 is 2. The number of ketones is 4. The number of Topliss-reactive ketones (excluding diaryl/α,β-unsaturated/α-hetero) is 4. The maximum absolute atomic E-state index is 15.2. The summed E-state index contributed by atoms with van der Waals surface area (Å²) in [4.78, 5) is 79.1. The number of nitrogens with zero attached hydrogens (tertiary/aromatic N) is 4. The van der Waals surface area contributed by atoms with Crippen molar-refractivity contribution in [3.05, 3.63) is 244 Å². The predicted octanol–water partition coefficient (Wildman–Crippen LogP) is 6.79. The molecular weight excluding hydrogens is 1310 g/mol. The average molecular weight is 1370 g/mol. The molecule has 95 heavy (non-hydrogen) atoms. The molecule has 24 heteroatoms. The van der Waals surface area contributed by atoms with Gasteiger partial charge in [0, 0.05) is 43.2 Å². The van der Waals surface area contributed by atoms with Crippen LogP contribution in [0.1, 0.15) is 60.5 Å². The smallest absolute Gasteiger partial charge is 1.00 e. The Morgan fingerprint density at radius 1 is 0.505 bits per heavy atom. The number of phenols is 1. The number of carbonyl (C=O) groups excluding carboxylic acids is 5. The number of aromatic hydroxyl groups is 1. The van der Waals surface area contributed by atoms with E-state index in [9.17, 15) is 37.5 Å². The quantitative estimate of drug-likeness (QED) is 0.0132. The summed E-state index contributed by atoms with van der Waals surface area (Å²) in [5.41, 5.74) is 3.41. The molecule has 0 amide bonds. The summed E-state index contributed by atoms with van der Waals surface area (Å²) in [6.45, 7) is 0.613. The normalized spacial score (nSPS) is 12.5. The van der Waals surface area contributed by atoms with Crippen molar-refractivity contribution in [2.24, 2.45) is 10.8 Å². The maximum atomic E-state index is 15.2. The standard InChI is InChI=1S/C35H28F2N2O5.C19H16F2O3.C16H13ClN2O2.CH2O3.2K.H/c1-42-30-18-26-28(19-31(30)43-20-23-5-3-2-4-6-23)38-21-39-34(26)44-29-12-9-24(15-27(29)37)17-33(41)35(13-14-35)32(40)16-22-7-10-25(36)11-8-22;20-14-4-1-12(2-5-14)10-17(23)19(7-8-19)18(24)11-13-3-6-16(22)15(21)9-13;1-20-14-7-12-13(18-10-19-16(12)17)8-15(14)21-9-11-5-3-2-4-6-11;2-1-4-3;;;/h2-12,15,18-19,21H,13-14,16-17,20H2,1H3;1-6,9,22H,7-8,10-11H2;2-8,10H,9H2,1H3;1,3H;;;/q;;;;2*+1;-1/p-1. The number of carbonyl (C=O) groups is 5. The van der Waals surface area contributed by atoms with Gasteiger partial charge in [0.25, 0.3) is 6.47 Å². The molecule has 2 aliphatic carbocycles. The fourth-order valence-corrected chi connectivity index (χ4v) is 10.2. The summed E-state index contributed by atoms with van der Waals surface area (Å²) in [6, 6.07) is 45.9. The third-order valence-electron chi connectivity index (χ3n) is 15.4. The zero-order valence-corrected chi connectivity index (χ0v) is 59.0. The zero-order chi connectivity index (χ0) is 66.1. The van der Waals surface area contributed by atoms with Crippen LogP contribution in [0.15, 0.2) is 183 Å². The molecule has 12 rings (SSSR count). The minimum atomic E-state index is -1.07. The summed E-state index contributed by atoms with van der Waals surface area (Å²) in [5.74, 6) is -1.39. The molecule has 2 aliphatic rings. The molecule has 1 N–H and O–H groups in total. The number of aromatic nitrogens is 4. The number of halogens is 5. The minimum absolute atomic E-state index is 0. The first-order valence-corrected chi connectivity index (χ1v) is 29.2. The fraction of sp³-hybridized carbons (Fsp3) is 0.197. The number of phenolic OH excluding ortho intramolecular Hbond substituents is 1. The third-order valence-corrected chi connectivity index (χ3v) is 15.7. The van der Waals surface area contributed by atoms with Gasteiger partial charge in [0.2, 0.25) is 5.88 Å². The molecule has 0 radical (unpaired) electrons. The summed E-state index contributed by atoms with van der Waals surface area (Å²) in [5, 5.41) is 19.2. The molecule has 0 atom stereocenters. The number of hydrogen-bond acceptors (Lipinski definition) is 17. The Hall–Kier alpha value is -7.37. The molecular formula is C71H59ClF4K2N4O13. The number of ether oxygens (including phenoxy) is 5. The first kappa shape index (κ1) is 75.0. The monoisotopic (exact) mass is 1360 g/mol. The predicted molar refractivity (Wildman–Crippen MR) is 333 cm³/mol. The number of rotatable bonds is 23. The Morgan fingerprint density at radius 2 is 0.905 bits per heavy atom. The van der Waals surface area contributed by atoms with Gasteiger partial charge in [0.05, 0.1) is 41.5 Å². The molecule has 2 fully saturated rings. The van der Waals surface area contributed by atoms with Crippen LogP contribution in [-0.4, -0.2) is 68.9 Å². The van der Waals surface area contributed by atoms with Crippen molar-refractivity contribution in [2.45, 2.75) is 64.6 Å². The number of fused-ring (bicyclic) bond motifs is 2. The molecule has 2 aromatic heterocycles. The second kappa shape index (κ2) is 35.6. The van der Waals surface area contributed by atoms with Crippen LogP contribution in [0.2, 0.25) is 5.15 Å². The van der Waals surface area contributed by atoms with Crippen molar-refractivity contribution in [1.29, 1.82) is 0 Å². The van der Waals surface area contributed by atoms with Crippen molar-refractivity contribution < 1.29 is 185 Å². The van der Waals surface area contributed by atoms with Gasteiger partial charge >= 0.3 is 103 Å². The molecule has 478 valence electrons. The summed E-state index contributed by atoms with van der Waals surface area (Å²) < 4.78 is 83.3. The van der Waals surface area contributed by atoms with Crippen LogP contribution in [-0.2, 0) is 67.8 Å². The van der Waals surface area contributed by atoms with Crippen LogP contribution >= 0.6 is 11.6 Å². The second-order valence-corrected chi connectivity index (χ2v) is 22.0. The van der Waals surface area contributed by atoms with Crippen LogP contribution < -0.4 is 132 Å². The molecule has 2 saturated carbocycles. The van der Waals surface area contributed by atoms with Gasteiger partial charge in [-0.3, -0.25) is 24.0 Å². The molecule has 0 saturated heterocycles. The average Bonchev–Trinajstić information content (AvgIpc) is 1.43. The van der Waals surface area contributed by atoms with Gasteiger partial charge in [0.15, 0.2) is 69.3 Å². The van der Waals surface area contributed by atoms with Gasteiger partial charge in [-0.25, -0.2) is 37.5 Å². The zero-order valence-electron chi connectivity index (χ0n) is 53.0. The van der Waals surface area contributed by atoms with E-state index in [1.165, 1.54) is 92.6 Å². The molecule has 8 aromatic carbocycles. The van der Waals surface area contributed by atoms with Crippen molar-refractivity contribution in [2.75, 3.05) is 14.2 Å². The molecule has 0 unspecified atom stereocenters. The number of hydrogen-bond donors (Lipinski definition) is 1. The van der Waals surface area contributed by atoms with Gasteiger partial charge in [-0.1, -0.05) is 109 Å². The topological polar surface area (TPSA) is 236 Å². The van der Waals surface area contributed by atoms with Crippen molar-refractivity contribution >= 4 is 63.0 Å². The van der Waals surface area contributed by atoms with Gasteiger partial charge in [-0.05, 0) is 120 Å². The van der Waals surface area contributed by atoms with E-state index in [2.05, 4.69) is 24.8 Å². The summed E-state index contributed by atoms with van der Waals surface area (Å²) in [6.07, 6.45) is 4.63. The Labute approximate surface area is 634 Å². The van der Waals surface area contributed by atoms with E-state index in [1.807, 2.05) is 66.7 Å². The van der Waals surface area contributed by atoms with Crippen LogP contribution in [0, 0.1) is 34.1 Å². The van der Waals surface area contributed by atoms with E-state index in [-0.39, 0.29) is 177 Å². The van der Waals surface area contributed by atoms with Gasteiger partial charge in [-0.15, -0.1) is 0 Å². The third kappa shape index (κ3) is 20.1. The van der Waals surface area contributed by atoms with E-state index in [1.54, 1.807) is 31.4 Å². The number of benzene rings is 8. The Morgan fingerprint density at radius 3 is 1.33 bits per heavy atom. The van der Waals surface area contributed by atoms with E-state index >= 15 is 4.39 Å². The van der Waals surface area contributed by atoms with Crippen molar-refractivity contribution in [3.63, 3.8) is 0 Å². The first-order valence-electron chi connectivity index (χ1n) is 28.9. The molecule has 2 heterocycles. The maximum Gasteiger partial charge on any atom is 1.00 e. The first-order chi connectivity index (χ1) is 44.9. The molecule has 0 spiro atoms. The summed E-state index contributed by atoms with van der Waals surface area (Å²) >= 11 is 6.06. The Bertz CT molecular complexity index is 4320. The van der Waals surface area contributed by atoms with E-state index < -0.39 is 34.0 Å². The van der Waals surface area contributed by atoms with Crippen molar-refractivity contribution in [1.82, 2.24) is 19.9 Å². The minimum Gasteiger partial charge on any atom is -1.00 e. The molecule has 0 aliphatic heterocycles. The molecule has 0 bridgehead atoms. The SMILES string of the molecule is COc1cc2c(Cl)ncnc2cc1OCc1ccccc1.COc1cc2c(Oc3ccc(CC(=O)C4(C(=O)Cc5ccc(F)cc5)CC4)cc3F)ncnc2cc1OCc1ccccc1.O=C(Cc1ccc(F)cc1)C1(C(=O)Cc2ccc(O)c(F)c2)CC1.O=CO[O-].[H-].[K+].[K+]. The Balaban J connectivity index is 0.000000237. The largest absolute Gasteiger partial charge is 1.00 e. The van der Waals surface area contributed by atoms with Crippen LogP contribution in [0.3, 0.4) is 0 Å². The summed E-state index contributed by atoms with van der Waals surface area (Å²) in [7, 11) is 3.11. The van der Waals surface area contributed by atoms with Gasteiger partial charge < -0.3 is 40.4 Å². The van der Waals surface area contributed by atoms with Crippen LogP contribution in [0.25, 0.3) is 21.8 Å². The van der Waals surface area contributed by atoms with Gasteiger partial charge in [-0.2, -0.15) is 0 Å². The molecule has 10 aromatic rings. The van der Waals surface area contributed by atoms with Crippen LogP contribution in [0.5, 0.6) is 40.4 Å².